The van der Waals surface area contributed by atoms with Crippen LogP contribution in [0.4, 0.5) is 0 Å². The summed E-state index contributed by atoms with van der Waals surface area (Å²) >= 11 is 0. The molecule has 1 N–H and O–H groups in total. The third-order valence-corrected chi connectivity index (χ3v) is 5.15. The lowest BCUT2D eigenvalue weighted by Crippen LogP contribution is -2.40. The maximum atomic E-state index is 12.9. The van der Waals surface area contributed by atoms with Crippen LogP contribution in [0.3, 0.4) is 0 Å². The molecule has 0 atom stereocenters. The number of carbonyl (C=O) groups is 2. The fourth-order valence-corrected chi connectivity index (χ4v) is 3.59. The van der Waals surface area contributed by atoms with Crippen LogP contribution in [0.15, 0.2) is 36.9 Å². The maximum absolute atomic E-state index is 12.9. The molecule has 0 radical (unpaired) electrons. The largest absolute Gasteiger partial charge is 0.345 e. The van der Waals surface area contributed by atoms with Crippen LogP contribution in [0.5, 0.6) is 0 Å². The summed E-state index contributed by atoms with van der Waals surface area (Å²) in [5.74, 6) is 0.498. The molecule has 0 unspecified atom stereocenters. The van der Waals surface area contributed by atoms with Crippen molar-refractivity contribution >= 4 is 22.8 Å². The average Bonchev–Trinajstić information content (AvgIpc) is 3.03. The molecule has 6 nitrogen and oxygen atoms in total. The van der Waals surface area contributed by atoms with Crippen molar-refractivity contribution in [2.45, 2.75) is 51.2 Å². The number of imidazole rings is 1. The van der Waals surface area contributed by atoms with Gasteiger partial charge in [-0.05, 0) is 31.1 Å². The van der Waals surface area contributed by atoms with E-state index in [0.717, 1.165) is 23.9 Å². The summed E-state index contributed by atoms with van der Waals surface area (Å²) in [4.78, 5) is 30.9. The first kappa shape index (κ1) is 18.2. The number of carbonyl (C=O) groups excluding carboxylic acids is 2. The topological polar surface area (TPSA) is 67.2 Å². The summed E-state index contributed by atoms with van der Waals surface area (Å²) in [5.41, 5.74) is 1.73. The smallest absolute Gasteiger partial charge is 0.243 e. The van der Waals surface area contributed by atoms with Crippen LogP contribution >= 0.6 is 0 Å². The highest BCUT2D eigenvalue weighted by atomic mass is 16.2. The molecule has 6 heteroatoms. The van der Waals surface area contributed by atoms with Crippen LogP contribution in [0.1, 0.15) is 37.9 Å². The summed E-state index contributed by atoms with van der Waals surface area (Å²) in [7, 11) is 1.90. The quantitative estimate of drug-likeness (QED) is 0.811. The molecule has 1 aliphatic carbocycles. The van der Waals surface area contributed by atoms with Crippen LogP contribution in [0, 0.1) is 0 Å². The molecule has 2 aromatic rings. The monoisotopic (exact) mass is 354 g/mol. The Morgan fingerprint density at radius 2 is 2.04 bits per heavy atom. The van der Waals surface area contributed by atoms with Crippen LogP contribution < -0.4 is 5.32 Å². The number of fused-ring (bicyclic) bond motifs is 1. The number of benzene rings is 1. The second-order valence-electron chi connectivity index (χ2n) is 6.82. The van der Waals surface area contributed by atoms with Gasteiger partial charge in [0, 0.05) is 13.1 Å². The zero-order valence-corrected chi connectivity index (χ0v) is 15.3. The Morgan fingerprint density at radius 1 is 1.31 bits per heavy atom. The van der Waals surface area contributed by atoms with Crippen molar-refractivity contribution in [3.8, 4) is 0 Å². The van der Waals surface area contributed by atoms with Gasteiger partial charge >= 0.3 is 0 Å². The Kier molecular flexibility index (Phi) is 5.71. The van der Waals surface area contributed by atoms with E-state index in [1.807, 2.05) is 40.8 Å². The first-order valence-electron chi connectivity index (χ1n) is 9.20. The minimum Gasteiger partial charge on any atom is -0.345 e. The Hall–Kier alpha value is -2.63. The molecule has 1 saturated carbocycles. The normalized spacial score (nSPS) is 15.0. The van der Waals surface area contributed by atoms with Gasteiger partial charge in [-0.25, -0.2) is 4.98 Å². The molecule has 0 spiro atoms. The number of nitrogens with one attached hydrogen (secondary N) is 1. The highest BCUT2D eigenvalue weighted by molar-refractivity contribution is 5.87. The predicted octanol–water partition coefficient (Wildman–Crippen LogP) is 2.63. The SMILES string of the molecule is C=CC(=O)NCc1nc2ccccc2n1CC(=O)N(C)C1CCCCC1. The van der Waals surface area contributed by atoms with Crippen LogP contribution in [0.25, 0.3) is 11.0 Å². The van der Waals surface area contributed by atoms with Crippen molar-refractivity contribution in [2.75, 3.05) is 7.05 Å². The maximum Gasteiger partial charge on any atom is 0.243 e. The van der Waals surface area contributed by atoms with E-state index in [9.17, 15) is 9.59 Å². The third kappa shape index (κ3) is 3.95. The minimum atomic E-state index is -0.255. The van der Waals surface area contributed by atoms with Gasteiger partial charge in [-0.2, -0.15) is 0 Å². The summed E-state index contributed by atoms with van der Waals surface area (Å²) < 4.78 is 1.90. The van der Waals surface area contributed by atoms with E-state index in [2.05, 4.69) is 16.9 Å². The highest BCUT2D eigenvalue weighted by Gasteiger charge is 2.23. The molecule has 0 bridgehead atoms. The number of likely N-dealkylation sites (N-methyl/N-ethyl adjacent to an activating group) is 1. The molecule has 2 amide bonds. The molecule has 3 rings (SSSR count). The van der Waals surface area contributed by atoms with Gasteiger partial charge in [0.15, 0.2) is 0 Å². The number of nitrogens with zero attached hydrogens (tertiary/aromatic N) is 3. The number of aromatic nitrogens is 2. The average molecular weight is 354 g/mol. The zero-order chi connectivity index (χ0) is 18.5. The van der Waals surface area contributed by atoms with Gasteiger partial charge in [-0.3, -0.25) is 9.59 Å². The lowest BCUT2D eigenvalue weighted by atomic mass is 9.94. The van der Waals surface area contributed by atoms with Crippen molar-refractivity contribution < 1.29 is 9.59 Å². The van der Waals surface area contributed by atoms with Crippen LogP contribution in [0.2, 0.25) is 0 Å². The van der Waals surface area contributed by atoms with Crippen molar-refractivity contribution in [1.29, 1.82) is 0 Å². The van der Waals surface area contributed by atoms with Gasteiger partial charge in [0.05, 0.1) is 17.6 Å². The van der Waals surface area contributed by atoms with E-state index >= 15 is 0 Å². The molecule has 0 saturated heterocycles. The molecule has 138 valence electrons. The van der Waals surface area contributed by atoms with E-state index < -0.39 is 0 Å². The molecule has 1 heterocycles. The first-order valence-corrected chi connectivity index (χ1v) is 9.20. The number of amides is 2. The number of para-hydroxylation sites is 2. The van der Waals surface area contributed by atoms with Crippen molar-refractivity contribution in [1.82, 2.24) is 19.8 Å². The standard InChI is InChI=1S/C20H26N4O2/c1-3-19(25)21-13-18-22-16-11-7-8-12-17(16)24(18)14-20(26)23(2)15-9-5-4-6-10-15/h3,7-8,11-12,15H,1,4-6,9-10,13-14H2,2H3,(H,21,25). The summed E-state index contributed by atoms with van der Waals surface area (Å²) in [6, 6.07) is 8.05. The molecule has 26 heavy (non-hydrogen) atoms. The molecule has 1 aliphatic rings. The fraction of sp³-hybridized carbons (Fsp3) is 0.450. The summed E-state index contributed by atoms with van der Waals surface area (Å²) in [6.07, 6.45) is 7.03. The second kappa shape index (κ2) is 8.17. The van der Waals surface area contributed by atoms with Crippen LogP contribution in [-0.2, 0) is 22.7 Å². The van der Waals surface area contributed by atoms with Crippen molar-refractivity contribution in [2.24, 2.45) is 0 Å². The van der Waals surface area contributed by atoms with E-state index in [1.54, 1.807) is 0 Å². The van der Waals surface area contributed by atoms with Gasteiger partial charge in [-0.15, -0.1) is 0 Å². The number of rotatable bonds is 6. The third-order valence-electron chi connectivity index (χ3n) is 5.15. The Balaban J connectivity index is 1.81. The van der Waals surface area contributed by atoms with Gasteiger partial charge in [0.1, 0.15) is 12.4 Å². The number of hydrogen-bond acceptors (Lipinski definition) is 3. The molecule has 1 aromatic carbocycles. The Bertz CT molecular complexity index is 805. The summed E-state index contributed by atoms with van der Waals surface area (Å²) in [6.45, 7) is 3.95. The van der Waals surface area contributed by atoms with Gasteiger partial charge in [0.25, 0.3) is 0 Å². The lowest BCUT2D eigenvalue weighted by molar-refractivity contribution is -0.133. The minimum absolute atomic E-state index is 0.0800. The zero-order valence-electron chi connectivity index (χ0n) is 15.3. The number of hydrogen-bond donors (Lipinski definition) is 1. The van der Waals surface area contributed by atoms with E-state index in [1.165, 1.54) is 25.3 Å². The van der Waals surface area contributed by atoms with Crippen molar-refractivity contribution in [3.63, 3.8) is 0 Å². The van der Waals surface area contributed by atoms with Crippen LogP contribution in [-0.4, -0.2) is 39.4 Å². The molecule has 1 fully saturated rings. The molecular weight excluding hydrogens is 328 g/mol. The van der Waals surface area contributed by atoms with E-state index in [4.69, 9.17) is 0 Å². The molecule has 1 aromatic heterocycles. The highest BCUT2D eigenvalue weighted by Crippen LogP contribution is 2.22. The van der Waals surface area contributed by atoms with E-state index in [0.29, 0.717) is 11.9 Å². The Labute approximate surface area is 153 Å². The fourth-order valence-electron chi connectivity index (χ4n) is 3.59. The van der Waals surface area contributed by atoms with Gasteiger partial charge < -0.3 is 14.8 Å². The van der Waals surface area contributed by atoms with Gasteiger partial charge in [0.2, 0.25) is 11.8 Å². The lowest BCUT2D eigenvalue weighted by Gasteiger charge is -2.31. The van der Waals surface area contributed by atoms with Crippen molar-refractivity contribution in [3.05, 3.63) is 42.7 Å². The summed E-state index contributed by atoms with van der Waals surface area (Å²) in [5, 5.41) is 2.75. The molecular formula is C20H26N4O2. The van der Waals surface area contributed by atoms with Gasteiger partial charge in [-0.1, -0.05) is 38.0 Å². The Morgan fingerprint density at radius 3 is 2.77 bits per heavy atom. The van der Waals surface area contributed by atoms with E-state index in [-0.39, 0.29) is 24.9 Å². The second-order valence-corrected chi connectivity index (χ2v) is 6.82. The first-order chi connectivity index (χ1) is 12.6. The molecule has 0 aliphatic heterocycles. The predicted molar refractivity (Wildman–Crippen MR) is 101 cm³/mol.